The first-order valence-corrected chi connectivity index (χ1v) is 15.6. The van der Waals surface area contributed by atoms with Crippen molar-refractivity contribution in [1.82, 2.24) is 0 Å². The Hall–Kier alpha value is -3.14. The summed E-state index contributed by atoms with van der Waals surface area (Å²) in [6, 6.07) is 0. The van der Waals surface area contributed by atoms with E-state index in [-0.39, 0.29) is 17.2 Å². The average Bonchev–Trinajstić information content (AvgIpc) is 2.92. The standard InChI is InChI=1S/C38H58O4/c1-27(2)15-10-16-28(3)17-11-18-29(4)19-12-20-30(5)21-13-22-31(6)23-14-24-32(7)25-26-34-33(8)35(39)37(41)38(42-9)36(34)40/h15,17,19,21,23,25,39-41H,10-14,16,18,20,22,24,26H2,1-9H3/b28-17+,29-19+,30-21+,31-23+,32-25+. The Bertz CT molecular complexity index is 1180. The molecule has 0 bridgehead atoms. The van der Waals surface area contributed by atoms with E-state index in [2.05, 4.69) is 84.9 Å². The van der Waals surface area contributed by atoms with Gasteiger partial charge in [-0.2, -0.15) is 0 Å². The van der Waals surface area contributed by atoms with Crippen LogP contribution in [0.3, 0.4) is 0 Å². The highest BCUT2D eigenvalue weighted by Crippen LogP contribution is 2.47. The molecule has 0 aliphatic heterocycles. The summed E-state index contributed by atoms with van der Waals surface area (Å²) in [5, 5.41) is 30.6. The van der Waals surface area contributed by atoms with Gasteiger partial charge in [-0.1, -0.05) is 69.9 Å². The van der Waals surface area contributed by atoms with Crippen molar-refractivity contribution in [3.05, 3.63) is 81.0 Å². The monoisotopic (exact) mass is 578 g/mol. The van der Waals surface area contributed by atoms with Crippen molar-refractivity contribution in [3.8, 4) is 23.0 Å². The zero-order valence-electron chi connectivity index (χ0n) is 28.0. The van der Waals surface area contributed by atoms with Gasteiger partial charge in [0.25, 0.3) is 0 Å². The molecule has 42 heavy (non-hydrogen) atoms. The number of hydrogen-bond acceptors (Lipinski definition) is 4. The highest BCUT2D eigenvalue weighted by Gasteiger charge is 2.21. The van der Waals surface area contributed by atoms with E-state index in [1.165, 1.54) is 47.0 Å². The number of ether oxygens (including phenoxy) is 1. The van der Waals surface area contributed by atoms with Crippen LogP contribution in [0.2, 0.25) is 0 Å². The van der Waals surface area contributed by atoms with Crippen molar-refractivity contribution >= 4 is 0 Å². The van der Waals surface area contributed by atoms with Crippen LogP contribution in [0.4, 0.5) is 0 Å². The maximum atomic E-state index is 10.5. The van der Waals surface area contributed by atoms with Gasteiger partial charge in [-0.3, -0.25) is 0 Å². The second-order valence-electron chi connectivity index (χ2n) is 12.1. The predicted octanol–water partition coefficient (Wildman–Crippen LogP) is 11.3. The molecule has 0 saturated heterocycles. The lowest BCUT2D eigenvalue weighted by Gasteiger charge is -2.15. The van der Waals surface area contributed by atoms with Crippen LogP contribution in [0.5, 0.6) is 23.0 Å². The molecular weight excluding hydrogens is 520 g/mol. The third-order valence-corrected chi connectivity index (χ3v) is 7.82. The molecule has 4 nitrogen and oxygen atoms in total. The minimum atomic E-state index is -0.426. The molecule has 0 saturated carbocycles. The number of phenols is 3. The summed E-state index contributed by atoms with van der Waals surface area (Å²) in [5.41, 5.74) is 9.52. The van der Waals surface area contributed by atoms with E-state index in [0.717, 1.165) is 57.8 Å². The van der Waals surface area contributed by atoms with Gasteiger partial charge in [0.15, 0.2) is 11.5 Å². The molecule has 1 aromatic rings. The van der Waals surface area contributed by atoms with Gasteiger partial charge >= 0.3 is 0 Å². The van der Waals surface area contributed by atoms with E-state index in [1.807, 2.05) is 0 Å². The molecular formula is C38H58O4. The third-order valence-electron chi connectivity index (χ3n) is 7.82. The zero-order chi connectivity index (χ0) is 31.7. The Kier molecular flexibility index (Phi) is 17.5. The minimum absolute atomic E-state index is 0.0894. The molecule has 0 fully saturated rings. The van der Waals surface area contributed by atoms with Gasteiger partial charge < -0.3 is 20.1 Å². The summed E-state index contributed by atoms with van der Waals surface area (Å²) < 4.78 is 5.06. The maximum Gasteiger partial charge on any atom is 0.207 e. The number of phenolic OH excluding ortho intramolecular Hbond substituents is 3. The smallest absolute Gasteiger partial charge is 0.207 e. The van der Waals surface area contributed by atoms with Crippen LogP contribution in [0, 0.1) is 6.92 Å². The van der Waals surface area contributed by atoms with Crippen LogP contribution < -0.4 is 4.74 Å². The highest BCUT2D eigenvalue weighted by molar-refractivity contribution is 5.65. The summed E-state index contributed by atoms with van der Waals surface area (Å²) >= 11 is 0. The van der Waals surface area contributed by atoms with Gasteiger partial charge in [-0.15, -0.1) is 0 Å². The molecule has 0 heterocycles. The van der Waals surface area contributed by atoms with E-state index in [4.69, 9.17) is 4.74 Å². The molecule has 0 aliphatic carbocycles. The molecule has 0 spiro atoms. The lowest BCUT2D eigenvalue weighted by Crippen LogP contribution is -1.95. The average molecular weight is 579 g/mol. The minimum Gasteiger partial charge on any atom is -0.504 e. The fourth-order valence-electron chi connectivity index (χ4n) is 4.86. The van der Waals surface area contributed by atoms with Crippen LogP contribution in [0.25, 0.3) is 0 Å². The van der Waals surface area contributed by atoms with Crippen LogP contribution in [0.15, 0.2) is 69.9 Å². The van der Waals surface area contributed by atoms with Crippen LogP contribution in [-0.2, 0) is 6.42 Å². The normalized spacial score (nSPS) is 13.5. The van der Waals surface area contributed by atoms with Gasteiger partial charge in [-0.25, -0.2) is 0 Å². The first-order valence-electron chi connectivity index (χ1n) is 15.6. The molecule has 0 radical (unpaired) electrons. The largest absolute Gasteiger partial charge is 0.504 e. The number of hydrogen-bond donors (Lipinski definition) is 3. The van der Waals surface area contributed by atoms with Gasteiger partial charge in [0.05, 0.1) is 7.11 Å². The Labute approximate surface area is 256 Å². The fourth-order valence-corrected chi connectivity index (χ4v) is 4.86. The van der Waals surface area contributed by atoms with Crippen LogP contribution >= 0.6 is 0 Å². The number of rotatable bonds is 18. The molecule has 0 aliphatic rings. The molecule has 0 amide bonds. The third kappa shape index (κ3) is 14.2. The molecule has 0 unspecified atom stereocenters. The SMILES string of the molecule is COc1c(O)c(O)c(C)c(C/C=C(\C)CC/C=C(\C)CC/C=C(\C)CC/C=C(\C)CC/C=C(\C)CCC=C(C)C)c1O. The van der Waals surface area contributed by atoms with Crippen molar-refractivity contribution in [2.75, 3.05) is 7.11 Å². The summed E-state index contributed by atoms with van der Waals surface area (Å²) in [6.07, 6.45) is 25.3. The fraction of sp³-hybridized carbons (Fsp3) is 0.526. The van der Waals surface area contributed by atoms with Crippen molar-refractivity contribution < 1.29 is 20.1 Å². The summed E-state index contributed by atoms with van der Waals surface area (Å²) in [6.45, 7) is 17.1. The van der Waals surface area contributed by atoms with Gasteiger partial charge in [0, 0.05) is 11.1 Å². The Morgan fingerprint density at radius 2 is 0.881 bits per heavy atom. The molecule has 3 N–H and O–H groups in total. The second-order valence-corrected chi connectivity index (χ2v) is 12.1. The molecule has 4 heteroatoms. The quantitative estimate of drug-likeness (QED) is 0.0920. The van der Waals surface area contributed by atoms with E-state index < -0.39 is 5.75 Å². The molecule has 1 aromatic carbocycles. The molecule has 1 rings (SSSR count). The van der Waals surface area contributed by atoms with Gasteiger partial charge in [-0.05, 0) is 126 Å². The lowest BCUT2D eigenvalue weighted by molar-refractivity contribution is 0.326. The van der Waals surface area contributed by atoms with E-state index in [9.17, 15) is 15.3 Å². The maximum absolute atomic E-state index is 10.5. The Morgan fingerprint density at radius 3 is 1.24 bits per heavy atom. The summed E-state index contributed by atoms with van der Waals surface area (Å²) in [7, 11) is 1.36. The number of benzene rings is 1. The first kappa shape index (κ1) is 36.9. The first-order chi connectivity index (χ1) is 19.9. The topological polar surface area (TPSA) is 69.9 Å². The van der Waals surface area contributed by atoms with Crippen molar-refractivity contribution in [2.24, 2.45) is 0 Å². The van der Waals surface area contributed by atoms with Crippen molar-refractivity contribution in [3.63, 3.8) is 0 Å². The van der Waals surface area contributed by atoms with Crippen LogP contribution in [0.1, 0.15) is 124 Å². The molecule has 0 atom stereocenters. The summed E-state index contributed by atoms with van der Waals surface area (Å²) in [5.74, 6) is -0.887. The zero-order valence-corrected chi connectivity index (χ0v) is 28.0. The van der Waals surface area contributed by atoms with Crippen molar-refractivity contribution in [1.29, 1.82) is 0 Å². The Balaban J connectivity index is 2.41. The van der Waals surface area contributed by atoms with E-state index in [1.54, 1.807) is 6.92 Å². The molecule has 0 aromatic heterocycles. The van der Waals surface area contributed by atoms with Crippen molar-refractivity contribution in [2.45, 2.75) is 126 Å². The van der Waals surface area contributed by atoms with Gasteiger partial charge in [0.2, 0.25) is 11.5 Å². The predicted molar refractivity (Wildman–Crippen MR) is 181 cm³/mol. The second kappa shape index (κ2) is 19.9. The van der Waals surface area contributed by atoms with E-state index >= 15 is 0 Å². The number of allylic oxidation sites excluding steroid dienone is 12. The van der Waals surface area contributed by atoms with Crippen LogP contribution in [-0.4, -0.2) is 22.4 Å². The lowest BCUT2D eigenvalue weighted by atomic mass is 9.99. The van der Waals surface area contributed by atoms with E-state index in [0.29, 0.717) is 17.5 Å². The molecule has 234 valence electrons. The number of aromatic hydroxyl groups is 3. The highest BCUT2D eigenvalue weighted by atomic mass is 16.5. The Morgan fingerprint density at radius 1 is 0.524 bits per heavy atom. The summed E-state index contributed by atoms with van der Waals surface area (Å²) in [4.78, 5) is 0. The van der Waals surface area contributed by atoms with Gasteiger partial charge in [0.1, 0.15) is 0 Å². The number of methoxy groups -OCH3 is 1.